The van der Waals surface area contributed by atoms with Crippen molar-refractivity contribution in [1.82, 2.24) is 4.90 Å². The molecule has 0 aliphatic carbocycles. The molecule has 0 radical (unpaired) electrons. The summed E-state index contributed by atoms with van der Waals surface area (Å²) in [6, 6.07) is 0. The quantitative estimate of drug-likeness (QED) is 0.758. The van der Waals surface area contributed by atoms with E-state index in [9.17, 15) is 4.79 Å². The highest BCUT2D eigenvalue weighted by molar-refractivity contribution is 5.67. The van der Waals surface area contributed by atoms with Gasteiger partial charge in [0.15, 0.2) is 0 Å². The largest absolute Gasteiger partial charge is 0.481 e. The van der Waals surface area contributed by atoms with Crippen molar-refractivity contribution < 1.29 is 9.90 Å². The van der Waals surface area contributed by atoms with Crippen LogP contribution in [0.4, 0.5) is 0 Å². The van der Waals surface area contributed by atoms with Crippen LogP contribution < -0.4 is 0 Å². The number of piperidine rings is 1. The number of aliphatic carboxylic acids is 1. The van der Waals surface area contributed by atoms with Crippen LogP contribution in [-0.2, 0) is 4.79 Å². The van der Waals surface area contributed by atoms with Gasteiger partial charge in [-0.3, -0.25) is 4.79 Å². The Labute approximate surface area is 98.8 Å². The van der Waals surface area contributed by atoms with Crippen LogP contribution in [0.3, 0.4) is 0 Å². The predicted octanol–water partition coefficient (Wildman–Crippen LogP) is 2.61. The molecule has 0 amide bonds. The smallest absolute Gasteiger partial charge is 0.303 e. The SMILES string of the molecule is CC(C)CCCN1CCC(CC(=O)O)CC1. The summed E-state index contributed by atoms with van der Waals surface area (Å²) in [5.74, 6) is 0.571. The number of hydrogen-bond acceptors (Lipinski definition) is 2. The van der Waals surface area contributed by atoms with Gasteiger partial charge in [0.1, 0.15) is 0 Å². The molecule has 3 heteroatoms. The summed E-state index contributed by atoms with van der Waals surface area (Å²) in [4.78, 5) is 13.1. The summed E-state index contributed by atoms with van der Waals surface area (Å²) < 4.78 is 0. The van der Waals surface area contributed by atoms with E-state index < -0.39 is 5.97 Å². The number of rotatable bonds is 6. The molecule has 0 aromatic heterocycles. The molecule has 1 heterocycles. The minimum Gasteiger partial charge on any atom is -0.481 e. The normalized spacial score (nSPS) is 19.2. The van der Waals surface area contributed by atoms with Gasteiger partial charge in [-0.1, -0.05) is 13.8 Å². The van der Waals surface area contributed by atoms with Gasteiger partial charge in [-0.2, -0.15) is 0 Å². The summed E-state index contributed by atoms with van der Waals surface area (Å²) in [5.41, 5.74) is 0. The van der Waals surface area contributed by atoms with Crippen LogP contribution >= 0.6 is 0 Å². The number of carboxylic acid groups (broad SMARTS) is 1. The van der Waals surface area contributed by atoms with Gasteiger partial charge in [0.05, 0.1) is 0 Å². The molecule has 0 spiro atoms. The Kier molecular flexibility index (Phi) is 5.81. The number of carboxylic acids is 1. The van der Waals surface area contributed by atoms with Gasteiger partial charge in [-0.15, -0.1) is 0 Å². The third-order valence-electron chi connectivity index (χ3n) is 3.43. The first-order valence-electron chi connectivity index (χ1n) is 6.52. The average Bonchev–Trinajstić information content (AvgIpc) is 2.19. The first-order chi connectivity index (χ1) is 7.58. The van der Waals surface area contributed by atoms with Crippen LogP contribution in [0.2, 0.25) is 0 Å². The van der Waals surface area contributed by atoms with E-state index in [0.29, 0.717) is 12.3 Å². The third-order valence-corrected chi connectivity index (χ3v) is 3.43. The van der Waals surface area contributed by atoms with Crippen molar-refractivity contribution >= 4 is 5.97 Å². The van der Waals surface area contributed by atoms with Crippen molar-refractivity contribution in [2.45, 2.75) is 46.0 Å². The van der Waals surface area contributed by atoms with Crippen molar-refractivity contribution in [3.8, 4) is 0 Å². The lowest BCUT2D eigenvalue weighted by Gasteiger charge is -2.31. The Morgan fingerprint density at radius 3 is 2.50 bits per heavy atom. The second-order valence-corrected chi connectivity index (χ2v) is 5.42. The van der Waals surface area contributed by atoms with Crippen LogP contribution in [0.5, 0.6) is 0 Å². The van der Waals surface area contributed by atoms with Crippen molar-refractivity contribution in [1.29, 1.82) is 0 Å². The van der Waals surface area contributed by atoms with Gasteiger partial charge >= 0.3 is 5.97 Å². The average molecular weight is 227 g/mol. The van der Waals surface area contributed by atoms with Crippen LogP contribution in [0.15, 0.2) is 0 Å². The van der Waals surface area contributed by atoms with E-state index in [1.807, 2.05) is 0 Å². The Bertz CT molecular complexity index is 208. The summed E-state index contributed by atoms with van der Waals surface area (Å²) in [5, 5.41) is 8.72. The molecular formula is C13H25NO2. The fourth-order valence-electron chi connectivity index (χ4n) is 2.38. The monoisotopic (exact) mass is 227 g/mol. The van der Waals surface area contributed by atoms with Crippen LogP contribution in [0, 0.1) is 11.8 Å². The van der Waals surface area contributed by atoms with Crippen molar-refractivity contribution in [2.24, 2.45) is 11.8 Å². The topological polar surface area (TPSA) is 40.5 Å². The number of carbonyl (C=O) groups is 1. The Morgan fingerprint density at radius 1 is 1.38 bits per heavy atom. The van der Waals surface area contributed by atoms with Gasteiger partial charge in [0.25, 0.3) is 0 Å². The second-order valence-electron chi connectivity index (χ2n) is 5.42. The molecular weight excluding hydrogens is 202 g/mol. The zero-order valence-electron chi connectivity index (χ0n) is 10.6. The highest BCUT2D eigenvalue weighted by Gasteiger charge is 2.20. The van der Waals surface area contributed by atoms with Gasteiger partial charge in [0, 0.05) is 6.42 Å². The lowest BCUT2D eigenvalue weighted by molar-refractivity contribution is -0.138. The lowest BCUT2D eigenvalue weighted by Crippen LogP contribution is -2.35. The Hall–Kier alpha value is -0.570. The maximum Gasteiger partial charge on any atom is 0.303 e. The first-order valence-corrected chi connectivity index (χ1v) is 6.52. The molecule has 94 valence electrons. The molecule has 0 aromatic rings. The minimum atomic E-state index is -0.641. The molecule has 3 nitrogen and oxygen atoms in total. The van der Waals surface area contributed by atoms with Gasteiger partial charge in [-0.25, -0.2) is 0 Å². The van der Waals surface area contributed by atoms with Crippen molar-refractivity contribution in [3.05, 3.63) is 0 Å². The summed E-state index contributed by atoms with van der Waals surface area (Å²) >= 11 is 0. The number of hydrogen-bond donors (Lipinski definition) is 1. The molecule has 1 saturated heterocycles. The standard InChI is InChI=1S/C13H25NO2/c1-11(2)4-3-7-14-8-5-12(6-9-14)10-13(15)16/h11-12H,3-10H2,1-2H3,(H,15,16). The summed E-state index contributed by atoms with van der Waals surface area (Å²) in [7, 11) is 0. The Morgan fingerprint density at radius 2 is 2.00 bits per heavy atom. The van der Waals surface area contributed by atoms with Gasteiger partial charge in [-0.05, 0) is 57.2 Å². The molecule has 16 heavy (non-hydrogen) atoms. The second kappa shape index (κ2) is 6.89. The molecule has 1 N–H and O–H groups in total. The van der Waals surface area contributed by atoms with E-state index in [4.69, 9.17) is 5.11 Å². The fourth-order valence-corrected chi connectivity index (χ4v) is 2.38. The molecule has 0 aromatic carbocycles. The van der Waals surface area contributed by atoms with Crippen LogP contribution in [0.1, 0.15) is 46.0 Å². The van der Waals surface area contributed by atoms with E-state index in [1.165, 1.54) is 19.4 Å². The van der Waals surface area contributed by atoms with E-state index in [0.717, 1.165) is 31.8 Å². The van der Waals surface area contributed by atoms with E-state index in [2.05, 4.69) is 18.7 Å². The molecule has 1 fully saturated rings. The highest BCUT2D eigenvalue weighted by atomic mass is 16.4. The minimum absolute atomic E-state index is 0.361. The van der Waals surface area contributed by atoms with Crippen LogP contribution in [-0.4, -0.2) is 35.6 Å². The molecule has 1 aliphatic heterocycles. The molecule has 0 bridgehead atoms. The number of likely N-dealkylation sites (tertiary alicyclic amines) is 1. The third kappa shape index (κ3) is 5.50. The van der Waals surface area contributed by atoms with E-state index in [-0.39, 0.29) is 0 Å². The van der Waals surface area contributed by atoms with Gasteiger partial charge in [0.2, 0.25) is 0 Å². The molecule has 1 rings (SSSR count). The maximum atomic E-state index is 10.6. The molecule has 0 atom stereocenters. The fraction of sp³-hybridized carbons (Fsp3) is 0.923. The van der Waals surface area contributed by atoms with E-state index in [1.54, 1.807) is 0 Å². The zero-order valence-corrected chi connectivity index (χ0v) is 10.6. The van der Waals surface area contributed by atoms with Crippen LogP contribution in [0.25, 0.3) is 0 Å². The van der Waals surface area contributed by atoms with Crippen molar-refractivity contribution in [2.75, 3.05) is 19.6 Å². The lowest BCUT2D eigenvalue weighted by atomic mass is 9.93. The molecule has 0 unspecified atom stereocenters. The maximum absolute atomic E-state index is 10.6. The molecule has 0 saturated carbocycles. The first kappa shape index (κ1) is 13.5. The summed E-state index contributed by atoms with van der Waals surface area (Å²) in [6.07, 6.45) is 5.07. The summed E-state index contributed by atoms with van der Waals surface area (Å²) in [6.45, 7) is 7.91. The van der Waals surface area contributed by atoms with Crippen molar-refractivity contribution in [3.63, 3.8) is 0 Å². The molecule has 1 aliphatic rings. The highest BCUT2D eigenvalue weighted by Crippen LogP contribution is 2.20. The van der Waals surface area contributed by atoms with Gasteiger partial charge < -0.3 is 10.0 Å². The van der Waals surface area contributed by atoms with E-state index >= 15 is 0 Å². The predicted molar refractivity (Wildman–Crippen MR) is 65.5 cm³/mol. The Balaban J connectivity index is 2.10. The number of nitrogens with zero attached hydrogens (tertiary/aromatic N) is 1. The zero-order chi connectivity index (χ0) is 12.0.